The lowest BCUT2D eigenvalue weighted by molar-refractivity contribution is 0.00887. The van der Waals surface area contributed by atoms with Gasteiger partial charge in [-0.1, -0.05) is 17.7 Å². The fraction of sp³-hybridized carbons (Fsp3) is 0.389. The van der Waals surface area contributed by atoms with E-state index in [1.807, 2.05) is 6.07 Å². The van der Waals surface area contributed by atoms with Crippen LogP contribution in [0.2, 0.25) is 5.02 Å². The summed E-state index contributed by atoms with van der Waals surface area (Å²) in [7, 11) is 2.77. The van der Waals surface area contributed by atoms with Crippen molar-refractivity contribution in [2.45, 2.75) is 12.5 Å². The normalized spacial score (nSPS) is 12.2. The third kappa shape index (κ3) is 5.09. The molecule has 8 nitrogen and oxygen atoms in total. The van der Waals surface area contributed by atoms with E-state index in [9.17, 15) is 19.5 Å². The minimum Gasteiger partial charge on any atom is -0.394 e. The van der Waals surface area contributed by atoms with Crippen molar-refractivity contribution < 1.29 is 19.7 Å². The van der Waals surface area contributed by atoms with Gasteiger partial charge in [0, 0.05) is 34.8 Å². The largest absolute Gasteiger partial charge is 0.394 e. The molecule has 0 aliphatic rings. The van der Waals surface area contributed by atoms with Crippen LogP contribution in [0.25, 0.3) is 0 Å². The number of rotatable bonds is 8. The summed E-state index contributed by atoms with van der Waals surface area (Å²) in [5.41, 5.74) is -0.563. The first-order chi connectivity index (χ1) is 13.2. The number of Topliss-reactive ketones (excluding diaryl/α,β-unsaturated/α-hetero) is 1. The number of carbonyl (C=O) groups is 1. The van der Waals surface area contributed by atoms with Gasteiger partial charge in [-0.25, -0.2) is 4.79 Å². The minimum atomic E-state index is -1.12. The van der Waals surface area contributed by atoms with Crippen molar-refractivity contribution in [1.29, 1.82) is 0 Å². The van der Waals surface area contributed by atoms with Crippen LogP contribution in [-0.4, -0.2) is 51.1 Å². The molecule has 0 radical (unpaired) electrons. The Bertz CT molecular complexity index is 1000. The zero-order valence-corrected chi connectivity index (χ0v) is 18.2. The number of ether oxygens (including phenoxy) is 1. The first kappa shape index (κ1) is 22.8. The van der Waals surface area contributed by atoms with Crippen LogP contribution in [0.5, 0.6) is 0 Å². The number of hydrogen-bond acceptors (Lipinski definition) is 6. The lowest BCUT2D eigenvalue weighted by atomic mass is 10.0. The van der Waals surface area contributed by atoms with E-state index in [0.717, 1.165) is 8.14 Å². The molecule has 2 N–H and O–H groups in total. The number of hydrogen-bond donors (Lipinski definition) is 2. The lowest BCUT2D eigenvalue weighted by Crippen LogP contribution is -2.43. The van der Waals surface area contributed by atoms with Gasteiger partial charge in [-0.3, -0.25) is 18.7 Å². The van der Waals surface area contributed by atoms with Gasteiger partial charge in [0.2, 0.25) is 0 Å². The Kier molecular flexibility index (Phi) is 7.96. The third-order valence-corrected chi connectivity index (χ3v) is 5.21. The molecule has 0 aliphatic carbocycles. The zero-order chi connectivity index (χ0) is 21.0. The average Bonchev–Trinajstić information content (AvgIpc) is 2.66. The van der Waals surface area contributed by atoms with Crippen LogP contribution in [0.15, 0.2) is 27.8 Å². The van der Waals surface area contributed by atoms with Crippen LogP contribution in [0.3, 0.4) is 0 Å². The number of carbonyl (C=O) groups excluding carboxylic acids is 1. The number of aliphatic hydroxyl groups is 2. The minimum absolute atomic E-state index is 0.109. The summed E-state index contributed by atoms with van der Waals surface area (Å²) >= 11 is 8.39. The number of nitrogens with zero attached hydrogens (tertiary/aromatic N) is 2. The van der Waals surface area contributed by atoms with E-state index in [1.54, 1.807) is 12.1 Å². The number of halogens is 2. The molecule has 152 valence electrons. The molecule has 0 saturated carbocycles. The number of benzene rings is 1. The van der Waals surface area contributed by atoms with Gasteiger partial charge < -0.3 is 14.9 Å². The Labute approximate surface area is 179 Å². The second-order valence-corrected chi connectivity index (χ2v) is 7.87. The molecule has 2 rings (SSSR count). The lowest BCUT2D eigenvalue weighted by Gasteiger charge is -2.16. The van der Waals surface area contributed by atoms with Gasteiger partial charge in [0.25, 0.3) is 5.56 Å². The Morgan fingerprint density at radius 2 is 1.96 bits per heavy atom. The molecule has 0 aliphatic heterocycles. The van der Waals surface area contributed by atoms with Gasteiger partial charge in [-0.2, -0.15) is 0 Å². The molecule has 0 fully saturated rings. The summed E-state index contributed by atoms with van der Waals surface area (Å²) in [5.74, 6) is -0.627. The smallest absolute Gasteiger partial charge is 0.330 e. The maximum Gasteiger partial charge on any atom is 0.330 e. The Balaban J connectivity index is 2.47. The fourth-order valence-electron chi connectivity index (χ4n) is 2.63. The quantitative estimate of drug-likeness (QED) is 0.386. The molecule has 0 saturated heterocycles. The molecule has 0 spiro atoms. The first-order valence-corrected chi connectivity index (χ1v) is 9.75. The fourth-order valence-corrected chi connectivity index (χ4v) is 3.55. The van der Waals surface area contributed by atoms with Crippen LogP contribution in [0, 0.1) is 3.57 Å². The second-order valence-electron chi connectivity index (χ2n) is 6.21. The molecule has 0 unspecified atom stereocenters. The summed E-state index contributed by atoms with van der Waals surface area (Å²) in [6.07, 6.45) is -1.02. The Hall–Kier alpha value is -1.53. The third-order valence-electron chi connectivity index (χ3n) is 4.19. The summed E-state index contributed by atoms with van der Waals surface area (Å²) < 4.78 is 8.11. The van der Waals surface area contributed by atoms with Crippen molar-refractivity contribution in [2.24, 2.45) is 14.1 Å². The maximum atomic E-state index is 12.7. The number of aromatic nitrogens is 2. The first-order valence-electron chi connectivity index (χ1n) is 8.30. The summed E-state index contributed by atoms with van der Waals surface area (Å²) in [4.78, 5) is 37.7. The highest BCUT2D eigenvalue weighted by Gasteiger charge is 2.23. The van der Waals surface area contributed by atoms with Crippen LogP contribution in [-0.2, 0) is 25.3 Å². The highest BCUT2D eigenvalue weighted by Crippen LogP contribution is 2.22. The predicted molar refractivity (Wildman–Crippen MR) is 112 cm³/mol. The predicted octanol–water partition coefficient (Wildman–Crippen LogP) is 0.485. The van der Waals surface area contributed by atoms with E-state index >= 15 is 0 Å². The van der Waals surface area contributed by atoms with Gasteiger partial charge in [-0.15, -0.1) is 0 Å². The summed E-state index contributed by atoms with van der Waals surface area (Å²) in [5, 5.41) is 18.6. The molecule has 1 aromatic heterocycles. The van der Waals surface area contributed by atoms with Crippen LogP contribution in [0.4, 0.5) is 0 Å². The van der Waals surface area contributed by atoms with E-state index in [0.29, 0.717) is 10.6 Å². The number of ketones is 1. The van der Waals surface area contributed by atoms with Crippen LogP contribution < -0.4 is 11.2 Å². The van der Waals surface area contributed by atoms with Gasteiger partial charge in [-0.05, 0) is 40.3 Å². The van der Waals surface area contributed by atoms with E-state index in [1.165, 1.54) is 18.7 Å². The van der Waals surface area contributed by atoms with Crippen molar-refractivity contribution in [2.75, 3.05) is 19.8 Å². The standard InChI is InChI=1S/C18H20ClIN2O6/c1-21-14(5-10-3-4-11(20)6-13(10)19)16(17(26)22(2)18(21)27)15(25)9-28-8-12(24)7-23/h3-4,6,12,23-24H,5,7-9H2,1-2H3/t12-/m0/s1. The van der Waals surface area contributed by atoms with Crippen molar-refractivity contribution in [3.63, 3.8) is 0 Å². The SMILES string of the molecule is Cn1c(Cc2ccc(I)cc2Cl)c(C(=O)COC[C@@H](O)CO)c(=O)n(C)c1=O. The summed E-state index contributed by atoms with van der Waals surface area (Å²) in [6, 6.07) is 5.35. The van der Waals surface area contributed by atoms with E-state index in [-0.39, 0.29) is 24.3 Å². The average molecular weight is 523 g/mol. The van der Waals surface area contributed by atoms with Gasteiger partial charge in [0.15, 0.2) is 5.78 Å². The highest BCUT2D eigenvalue weighted by atomic mass is 127. The highest BCUT2D eigenvalue weighted by molar-refractivity contribution is 14.1. The van der Waals surface area contributed by atoms with Crippen LogP contribution >= 0.6 is 34.2 Å². The second kappa shape index (κ2) is 9.79. The van der Waals surface area contributed by atoms with Gasteiger partial charge in [0.05, 0.1) is 13.2 Å². The van der Waals surface area contributed by atoms with Crippen LogP contribution in [0.1, 0.15) is 21.6 Å². The Morgan fingerprint density at radius 3 is 2.57 bits per heavy atom. The molecule has 1 heterocycles. The zero-order valence-electron chi connectivity index (χ0n) is 15.3. The molecule has 28 heavy (non-hydrogen) atoms. The molecule has 10 heteroatoms. The van der Waals surface area contributed by atoms with Gasteiger partial charge >= 0.3 is 5.69 Å². The van der Waals surface area contributed by atoms with Crippen molar-refractivity contribution in [3.8, 4) is 0 Å². The van der Waals surface area contributed by atoms with E-state index in [4.69, 9.17) is 21.4 Å². The molecule has 0 bridgehead atoms. The molecule has 1 aromatic carbocycles. The molecular weight excluding hydrogens is 503 g/mol. The van der Waals surface area contributed by atoms with E-state index in [2.05, 4.69) is 22.6 Å². The van der Waals surface area contributed by atoms with Gasteiger partial charge in [0.1, 0.15) is 18.3 Å². The van der Waals surface area contributed by atoms with Crippen molar-refractivity contribution in [3.05, 3.63) is 64.5 Å². The van der Waals surface area contributed by atoms with Crippen molar-refractivity contribution >= 4 is 40.0 Å². The van der Waals surface area contributed by atoms with E-state index < -0.39 is 36.3 Å². The molecule has 1 atom stereocenters. The maximum absolute atomic E-state index is 12.7. The summed E-state index contributed by atoms with van der Waals surface area (Å²) in [6.45, 7) is -1.24. The molecule has 2 aromatic rings. The molecule has 0 amide bonds. The van der Waals surface area contributed by atoms with Crippen molar-refractivity contribution in [1.82, 2.24) is 9.13 Å². The molecular formula is C18H20ClIN2O6. The monoisotopic (exact) mass is 522 g/mol. The Morgan fingerprint density at radius 1 is 1.29 bits per heavy atom. The number of aliphatic hydroxyl groups excluding tert-OH is 2. The topological polar surface area (TPSA) is 111 Å².